The maximum atomic E-state index is 13.5. The molecule has 2 atom stereocenters. The number of likely N-dealkylation sites (tertiary alicyclic amines) is 2. The molecule has 4 rings (SSSR count). The number of aromatic amines is 1. The van der Waals surface area contributed by atoms with Gasteiger partial charge in [-0.3, -0.25) is 14.7 Å². The molecule has 2 fully saturated rings. The van der Waals surface area contributed by atoms with Gasteiger partial charge in [-0.25, -0.2) is 13.8 Å². The lowest BCUT2D eigenvalue weighted by atomic mass is 9.71. The number of hydrogen-bond acceptors (Lipinski definition) is 4. The molecule has 2 amide bonds. The molecule has 28 heavy (non-hydrogen) atoms. The van der Waals surface area contributed by atoms with E-state index < -0.39 is 17.0 Å². The van der Waals surface area contributed by atoms with Crippen molar-refractivity contribution in [2.45, 2.75) is 25.7 Å². The first-order valence-corrected chi connectivity index (χ1v) is 9.19. The van der Waals surface area contributed by atoms with Crippen molar-refractivity contribution >= 4 is 11.8 Å². The molecule has 0 spiro atoms. The second kappa shape index (κ2) is 6.65. The highest BCUT2D eigenvalue weighted by Crippen LogP contribution is 2.44. The van der Waals surface area contributed by atoms with Gasteiger partial charge < -0.3 is 9.80 Å². The smallest absolute Gasteiger partial charge is 0.253 e. The number of H-pyrrole nitrogens is 1. The number of rotatable bonds is 2. The predicted octanol–water partition coefficient (Wildman–Crippen LogP) is 1.65. The van der Waals surface area contributed by atoms with E-state index in [1.54, 1.807) is 9.80 Å². The van der Waals surface area contributed by atoms with Crippen molar-refractivity contribution in [2.75, 3.05) is 26.2 Å². The molecule has 9 heteroatoms. The zero-order valence-corrected chi connectivity index (χ0v) is 15.7. The quantitative estimate of drug-likeness (QED) is 0.847. The van der Waals surface area contributed by atoms with E-state index >= 15 is 0 Å². The third-order valence-electron chi connectivity index (χ3n) is 5.91. The van der Waals surface area contributed by atoms with Crippen LogP contribution in [0.3, 0.4) is 0 Å². The van der Waals surface area contributed by atoms with Gasteiger partial charge in [0.1, 0.15) is 5.82 Å². The predicted molar refractivity (Wildman–Crippen MR) is 95.4 cm³/mol. The molecular formula is C19H21F2N5O2. The number of carbonyl (C=O) groups excluding carboxylic acids is 2. The zero-order chi connectivity index (χ0) is 20.1. The molecule has 0 saturated carbocycles. The van der Waals surface area contributed by atoms with Crippen LogP contribution < -0.4 is 0 Å². The first-order chi connectivity index (χ1) is 13.3. The molecule has 148 valence electrons. The summed E-state index contributed by atoms with van der Waals surface area (Å²) in [7, 11) is 0. The van der Waals surface area contributed by atoms with Crippen LogP contribution in [0.2, 0.25) is 0 Å². The first kappa shape index (κ1) is 18.5. The SMILES string of the molecule is CC(=O)N1C[C@H]2CN(C(=O)c3ccc(F)c(F)c3)CC[C@@]2(c2n[nH]c(C)n2)C1. The van der Waals surface area contributed by atoms with Crippen LogP contribution in [0.4, 0.5) is 8.78 Å². The van der Waals surface area contributed by atoms with E-state index in [0.717, 1.165) is 12.1 Å². The lowest BCUT2D eigenvalue weighted by Crippen LogP contribution is -2.51. The van der Waals surface area contributed by atoms with E-state index in [0.29, 0.717) is 44.2 Å². The van der Waals surface area contributed by atoms with Crippen molar-refractivity contribution in [3.05, 3.63) is 47.0 Å². The molecule has 0 unspecified atom stereocenters. The molecule has 0 aliphatic carbocycles. The van der Waals surface area contributed by atoms with Crippen molar-refractivity contribution in [2.24, 2.45) is 5.92 Å². The highest BCUT2D eigenvalue weighted by Gasteiger charge is 2.54. The van der Waals surface area contributed by atoms with Crippen LogP contribution in [0, 0.1) is 24.5 Å². The number of fused-ring (bicyclic) bond motifs is 1. The van der Waals surface area contributed by atoms with Gasteiger partial charge in [-0.1, -0.05) is 0 Å². The number of nitrogens with one attached hydrogen (secondary N) is 1. The third-order valence-corrected chi connectivity index (χ3v) is 5.91. The van der Waals surface area contributed by atoms with Crippen LogP contribution in [0.5, 0.6) is 0 Å². The fourth-order valence-corrected chi connectivity index (χ4v) is 4.35. The zero-order valence-electron chi connectivity index (χ0n) is 15.7. The van der Waals surface area contributed by atoms with Crippen molar-refractivity contribution in [1.29, 1.82) is 0 Å². The summed E-state index contributed by atoms with van der Waals surface area (Å²) in [5, 5.41) is 7.21. The third kappa shape index (κ3) is 2.94. The molecule has 2 aliphatic heterocycles. The number of piperidine rings is 1. The minimum Gasteiger partial charge on any atom is -0.342 e. The summed E-state index contributed by atoms with van der Waals surface area (Å²) in [5.41, 5.74) is -0.303. The largest absolute Gasteiger partial charge is 0.342 e. The molecule has 1 N–H and O–H groups in total. The minimum atomic E-state index is -1.04. The number of aryl methyl sites for hydroxylation is 1. The molecule has 1 aromatic carbocycles. The normalized spacial score (nSPS) is 24.4. The Morgan fingerprint density at radius 2 is 1.96 bits per heavy atom. The van der Waals surface area contributed by atoms with E-state index in [4.69, 9.17) is 0 Å². The van der Waals surface area contributed by atoms with E-state index in [9.17, 15) is 18.4 Å². The maximum absolute atomic E-state index is 13.5. The fourth-order valence-electron chi connectivity index (χ4n) is 4.35. The Morgan fingerprint density at radius 3 is 2.61 bits per heavy atom. The topological polar surface area (TPSA) is 82.2 Å². The van der Waals surface area contributed by atoms with E-state index in [1.165, 1.54) is 13.0 Å². The molecule has 1 aromatic heterocycles. The van der Waals surface area contributed by atoms with E-state index in [1.807, 2.05) is 6.92 Å². The highest BCUT2D eigenvalue weighted by molar-refractivity contribution is 5.94. The number of nitrogens with zero attached hydrogens (tertiary/aromatic N) is 4. The summed E-state index contributed by atoms with van der Waals surface area (Å²) >= 11 is 0. The Labute approximate surface area is 160 Å². The summed E-state index contributed by atoms with van der Waals surface area (Å²) in [4.78, 5) is 32.7. The van der Waals surface area contributed by atoms with Crippen LogP contribution in [0.15, 0.2) is 18.2 Å². The van der Waals surface area contributed by atoms with Crippen molar-refractivity contribution in [1.82, 2.24) is 25.0 Å². The fraction of sp³-hybridized carbons (Fsp3) is 0.474. The van der Waals surface area contributed by atoms with Crippen LogP contribution in [0.1, 0.15) is 35.4 Å². The van der Waals surface area contributed by atoms with Crippen molar-refractivity contribution in [3.63, 3.8) is 0 Å². The minimum absolute atomic E-state index is 0.0282. The van der Waals surface area contributed by atoms with Gasteiger partial charge in [0.05, 0.1) is 5.41 Å². The van der Waals surface area contributed by atoms with Gasteiger partial charge >= 0.3 is 0 Å². The molecule has 2 saturated heterocycles. The van der Waals surface area contributed by atoms with E-state index in [2.05, 4.69) is 15.2 Å². The lowest BCUT2D eigenvalue weighted by Gasteiger charge is -2.41. The lowest BCUT2D eigenvalue weighted by molar-refractivity contribution is -0.128. The average Bonchev–Trinajstić information content (AvgIpc) is 3.27. The van der Waals surface area contributed by atoms with Gasteiger partial charge in [-0.2, -0.15) is 5.10 Å². The second-order valence-electron chi connectivity index (χ2n) is 7.63. The molecule has 7 nitrogen and oxygen atoms in total. The number of benzene rings is 1. The highest BCUT2D eigenvalue weighted by atomic mass is 19.2. The summed E-state index contributed by atoms with van der Waals surface area (Å²) in [6.45, 7) is 5.19. The molecule has 0 radical (unpaired) electrons. The Hall–Kier alpha value is -2.84. The van der Waals surface area contributed by atoms with Gasteiger partial charge in [-0.15, -0.1) is 0 Å². The molecular weight excluding hydrogens is 368 g/mol. The van der Waals surface area contributed by atoms with Gasteiger partial charge in [0.2, 0.25) is 5.91 Å². The summed E-state index contributed by atoms with van der Waals surface area (Å²) in [6, 6.07) is 3.17. The number of carbonyl (C=O) groups is 2. The summed E-state index contributed by atoms with van der Waals surface area (Å²) in [5.74, 6) is -1.07. The van der Waals surface area contributed by atoms with Crippen molar-refractivity contribution < 1.29 is 18.4 Å². The summed E-state index contributed by atoms with van der Waals surface area (Å²) in [6.07, 6.45) is 0.591. The standard InChI is InChI=1S/C19H21F2N5O2/c1-11-22-18(24-23-11)19-5-6-25(8-14(19)9-26(10-19)12(2)27)17(28)13-3-4-15(20)16(21)7-13/h3-4,7,14H,5-6,8-10H2,1-2H3,(H,22,23,24)/t14-,19-/m1/s1. The Bertz CT molecular complexity index is 946. The van der Waals surface area contributed by atoms with Gasteiger partial charge in [0.25, 0.3) is 5.91 Å². The van der Waals surface area contributed by atoms with Crippen molar-refractivity contribution in [3.8, 4) is 0 Å². The molecule has 2 aromatic rings. The Kier molecular flexibility index (Phi) is 4.40. The van der Waals surface area contributed by atoms with E-state index in [-0.39, 0.29) is 23.3 Å². The van der Waals surface area contributed by atoms with Crippen LogP contribution in [0.25, 0.3) is 0 Å². The van der Waals surface area contributed by atoms with Gasteiger partial charge in [0, 0.05) is 44.6 Å². The van der Waals surface area contributed by atoms with Crippen LogP contribution >= 0.6 is 0 Å². The first-order valence-electron chi connectivity index (χ1n) is 9.19. The monoisotopic (exact) mass is 389 g/mol. The Balaban J connectivity index is 1.61. The van der Waals surface area contributed by atoms with Crippen LogP contribution in [-0.2, 0) is 10.2 Å². The molecule has 2 aliphatic rings. The molecule has 0 bridgehead atoms. The maximum Gasteiger partial charge on any atom is 0.253 e. The summed E-state index contributed by atoms with van der Waals surface area (Å²) < 4.78 is 26.7. The number of aromatic nitrogens is 3. The van der Waals surface area contributed by atoms with Gasteiger partial charge in [-0.05, 0) is 31.5 Å². The number of hydrogen-bond donors (Lipinski definition) is 1. The Morgan fingerprint density at radius 1 is 1.21 bits per heavy atom. The number of amides is 2. The number of halogens is 2. The second-order valence-corrected chi connectivity index (χ2v) is 7.63. The molecule has 3 heterocycles. The van der Waals surface area contributed by atoms with Gasteiger partial charge in [0.15, 0.2) is 17.5 Å². The average molecular weight is 389 g/mol. The van der Waals surface area contributed by atoms with Crippen LogP contribution in [-0.4, -0.2) is 63.0 Å².